The second-order valence-corrected chi connectivity index (χ2v) is 18.5. The van der Waals surface area contributed by atoms with Crippen molar-refractivity contribution in [1.82, 2.24) is 9.80 Å². The Morgan fingerprint density at radius 3 is 2.63 bits per heavy atom. The zero-order valence-electron chi connectivity index (χ0n) is 29.1. The first-order chi connectivity index (χ1) is 22.6. The van der Waals surface area contributed by atoms with Crippen molar-refractivity contribution in [2.24, 2.45) is 46.8 Å². The zero-order chi connectivity index (χ0) is 30.6. The van der Waals surface area contributed by atoms with Crippen LogP contribution >= 0.6 is 0 Å². The first-order valence-electron chi connectivity index (χ1n) is 20.6. The van der Waals surface area contributed by atoms with Gasteiger partial charge in [0.2, 0.25) is 0 Å². The summed E-state index contributed by atoms with van der Waals surface area (Å²) in [6.07, 6.45) is 38.7. The number of fused-ring (bicyclic) bond motifs is 10. The molecular formula is C43H62N2O. The standard InChI is InChI=1S/C43H62N2O/c1-27-11-10-15-35-40(27)41-36(23-21-33-32-14-6-7-16-38(32)46-42(33)41)44(35)31-20-22-34-37(26-31)45(39-17-8-9-24-43(34,39)2)30-19-18-29(25-30)28-12-4-3-5-13-28/h4,6,12,14,19,27-28,30-42H,3,5,7-11,13,15-17,20-26H2,1-2H3. The third kappa shape index (κ3) is 4.39. The van der Waals surface area contributed by atoms with E-state index < -0.39 is 0 Å². The van der Waals surface area contributed by atoms with Gasteiger partial charge in [-0.3, -0.25) is 9.80 Å². The number of rotatable bonds is 3. The quantitative estimate of drug-likeness (QED) is 0.231. The van der Waals surface area contributed by atoms with E-state index in [-0.39, 0.29) is 0 Å². The van der Waals surface area contributed by atoms with Gasteiger partial charge in [0, 0.05) is 54.0 Å². The lowest BCUT2D eigenvalue weighted by Crippen LogP contribution is -2.54. The van der Waals surface area contributed by atoms with Gasteiger partial charge in [-0.2, -0.15) is 0 Å². The van der Waals surface area contributed by atoms with E-state index in [2.05, 4.69) is 59.8 Å². The molecule has 0 spiro atoms. The first-order valence-corrected chi connectivity index (χ1v) is 20.6. The minimum atomic E-state index is 0.513. The van der Waals surface area contributed by atoms with Gasteiger partial charge in [0.15, 0.2) is 0 Å². The van der Waals surface area contributed by atoms with Crippen LogP contribution in [0.5, 0.6) is 0 Å². The van der Waals surface area contributed by atoms with Crippen LogP contribution < -0.4 is 0 Å². The van der Waals surface area contributed by atoms with Crippen LogP contribution in [0, 0.1) is 46.8 Å². The third-order valence-corrected chi connectivity index (χ3v) is 16.7. The molecule has 0 aromatic rings. The largest absolute Gasteiger partial charge is 0.374 e. The molecule has 0 aromatic heterocycles. The maximum atomic E-state index is 7.20. The molecule has 3 aliphatic heterocycles. The van der Waals surface area contributed by atoms with E-state index in [1.54, 1.807) is 5.57 Å². The number of hydrogen-bond donors (Lipinski definition) is 0. The first kappa shape index (κ1) is 29.8. The fourth-order valence-corrected chi connectivity index (χ4v) is 15.0. The lowest BCUT2D eigenvalue weighted by atomic mass is 9.62. The van der Waals surface area contributed by atoms with Crippen LogP contribution in [0.2, 0.25) is 0 Å². The van der Waals surface area contributed by atoms with Gasteiger partial charge in [-0.1, -0.05) is 63.8 Å². The van der Waals surface area contributed by atoms with Crippen molar-refractivity contribution in [3.63, 3.8) is 0 Å². The van der Waals surface area contributed by atoms with Gasteiger partial charge in [0.25, 0.3) is 0 Å². The van der Waals surface area contributed by atoms with Crippen LogP contribution in [0.3, 0.4) is 0 Å². The van der Waals surface area contributed by atoms with Crippen LogP contribution in [0.15, 0.2) is 41.7 Å². The molecule has 16 unspecified atom stereocenters. The summed E-state index contributed by atoms with van der Waals surface area (Å²) in [5.74, 6) is 5.55. The summed E-state index contributed by atoms with van der Waals surface area (Å²) in [6.45, 7) is 5.39. The monoisotopic (exact) mass is 622 g/mol. The minimum Gasteiger partial charge on any atom is -0.374 e. The average Bonchev–Trinajstić information content (AvgIpc) is 3.85. The fourth-order valence-electron chi connectivity index (χ4n) is 15.0. The van der Waals surface area contributed by atoms with Crippen LogP contribution in [-0.2, 0) is 4.74 Å². The molecule has 3 saturated heterocycles. The highest BCUT2D eigenvalue weighted by Crippen LogP contribution is 2.62. The molecule has 10 aliphatic rings. The van der Waals surface area contributed by atoms with Crippen molar-refractivity contribution in [1.29, 1.82) is 0 Å². The molecule has 10 rings (SSSR count). The minimum absolute atomic E-state index is 0.513. The van der Waals surface area contributed by atoms with Crippen molar-refractivity contribution in [3.05, 3.63) is 41.7 Å². The molecule has 46 heavy (non-hydrogen) atoms. The van der Waals surface area contributed by atoms with Gasteiger partial charge in [0.1, 0.15) is 0 Å². The highest BCUT2D eigenvalue weighted by molar-refractivity contribution is 5.26. The Hall–Kier alpha value is -1.12. The van der Waals surface area contributed by atoms with Crippen molar-refractivity contribution >= 4 is 0 Å². The average molecular weight is 623 g/mol. The van der Waals surface area contributed by atoms with E-state index in [4.69, 9.17) is 4.74 Å². The van der Waals surface area contributed by atoms with E-state index in [9.17, 15) is 0 Å². The third-order valence-electron chi connectivity index (χ3n) is 16.7. The smallest absolute Gasteiger partial charge is 0.0660 e. The molecule has 3 nitrogen and oxygen atoms in total. The summed E-state index contributed by atoms with van der Waals surface area (Å²) >= 11 is 0. The van der Waals surface area contributed by atoms with Crippen molar-refractivity contribution in [2.75, 3.05) is 0 Å². The lowest BCUT2D eigenvalue weighted by molar-refractivity contribution is -0.0526. The summed E-state index contributed by atoms with van der Waals surface area (Å²) in [7, 11) is 0. The Labute approximate surface area is 280 Å². The summed E-state index contributed by atoms with van der Waals surface area (Å²) in [4.78, 5) is 6.47. The molecule has 0 radical (unpaired) electrons. The summed E-state index contributed by atoms with van der Waals surface area (Å²) < 4.78 is 7.20. The predicted octanol–water partition coefficient (Wildman–Crippen LogP) is 9.25. The number of likely N-dealkylation sites (tertiary alicyclic amines) is 2. The molecule has 0 bridgehead atoms. The Bertz CT molecular complexity index is 1310. The molecule has 0 aromatic carbocycles. The number of allylic oxidation sites excluding steroid dienone is 3. The van der Waals surface area contributed by atoms with Gasteiger partial charge in [0.05, 0.1) is 12.2 Å². The number of ether oxygens (including phenoxy) is 1. The van der Waals surface area contributed by atoms with Crippen molar-refractivity contribution < 1.29 is 4.74 Å². The molecule has 250 valence electrons. The second kappa shape index (κ2) is 11.5. The van der Waals surface area contributed by atoms with Crippen LogP contribution in [0.25, 0.3) is 0 Å². The molecular weight excluding hydrogens is 560 g/mol. The van der Waals surface area contributed by atoms with Gasteiger partial charge in [-0.05, 0) is 131 Å². The van der Waals surface area contributed by atoms with Gasteiger partial charge in [-0.25, -0.2) is 0 Å². The molecule has 3 heteroatoms. The van der Waals surface area contributed by atoms with E-state index in [1.807, 2.05) is 0 Å². The molecule has 7 fully saturated rings. The normalized spacial score (nSPS) is 54.5. The molecule has 0 amide bonds. The fraction of sp³-hybridized carbons (Fsp3) is 0.837. The highest BCUT2D eigenvalue weighted by Gasteiger charge is 2.64. The van der Waals surface area contributed by atoms with Gasteiger partial charge < -0.3 is 4.74 Å². The maximum Gasteiger partial charge on any atom is 0.0660 e. The Balaban J connectivity index is 0.949. The topological polar surface area (TPSA) is 15.7 Å². The SMILES string of the molecule is CC1CCCC2C1C1C3OC4CCC=CC4C3CCC1N2C1CCC2C(C1)N(C1C=C=C(C3C=CCCC3)C1)C1CCCCC21C. The highest BCUT2D eigenvalue weighted by atomic mass is 16.5. The maximum absolute atomic E-state index is 7.20. The van der Waals surface area contributed by atoms with Crippen molar-refractivity contribution in [3.8, 4) is 0 Å². The predicted molar refractivity (Wildman–Crippen MR) is 186 cm³/mol. The number of hydrogen-bond acceptors (Lipinski definition) is 3. The molecule has 0 N–H and O–H groups in total. The van der Waals surface area contributed by atoms with E-state index in [1.165, 1.54) is 116 Å². The second-order valence-electron chi connectivity index (χ2n) is 18.5. The Kier molecular flexibility index (Phi) is 7.42. The Morgan fingerprint density at radius 1 is 0.804 bits per heavy atom. The zero-order valence-corrected chi connectivity index (χ0v) is 29.1. The summed E-state index contributed by atoms with van der Waals surface area (Å²) in [6, 6.07) is 4.50. The summed E-state index contributed by atoms with van der Waals surface area (Å²) in [5.41, 5.74) is 6.06. The number of nitrogens with zero attached hydrogens (tertiary/aromatic N) is 2. The lowest BCUT2D eigenvalue weighted by Gasteiger charge is -2.48. The van der Waals surface area contributed by atoms with Crippen LogP contribution in [0.4, 0.5) is 0 Å². The van der Waals surface area contributed by atoms with E-state index in [0.29, 0.717) is 35.5 Å². The molecule has 3 heterocycles. The molecule has 16 atom stereocenters. The van der Waals surface area contributed by atoms with Crippen LogP contribution in [0.1, 0.15) is 129 Å². The molecule has 4 saturated carbocycles. The van der Waals surface area contributed by atoms with E-state index >= 15 is 0 Å². The van der Waals surface area contributed by atoms with Crippen molar-refractivity contribution in [2.45, 2.75) is 178 Å². The van der Waals surface area contributed by atoms with E-state index in [0.717, 1.165) is 59.8 Å². The summed E-state index contributed by atoms with van der Waals surface area (Å²) in [5, 5.41) is 0. The Morgan fingerprint density at radius 2 is 1.72 bits per heavy atom. The van der Waals surface area contributed by atoms with Gasteiger partial charge in [-0.15, -0.1) is 5.73 Å². The molecule has 7 aliphatic carbocycles. The van der Waals surface area contributed by atoms with Crippen LogP contribution in [-0.4, -0.2) is 58.3 Å². The van der Waals surface area contributed by atoms with Gasteiger partial charge >= 0.3 is 0 Å².